The first-order valence-corrected chi connectivity index (χ1v) is 7.05. The molecule has 104 valence electrons. The maximum absolute atomic E-state index is 11.7. The highest BCUT2D eigenvalue weighted by Gasteiger charge is 2.31. The van der Waals surface area contributed by atoms with Gasteiger partial charge in [0.05, 0.1) is 0 Å². The Labute approximate surface area is 117 Å². The third-order valence-electron chi connectivity index (χ3n) is 3.83. The van der Waals surface area contributed by atoms with Gasteiger partial charge in [0.2, 0.25) is 11.9 Å². The van der Waals surface area contributed by atoms with E-state index in [1.807, 2.05) is 6.07 Å². The number of carbonyl (C=O) groups is 1. The lowest BCUT2D eigenvalue weighted by atomic mass is 10.1. The zero-order chi connectivity index (χ0) is 13.9. The maximum Gasteiger partial charge on any atom is 0.226 e. The largest absolute Gasteiger partial charge is 0.353 e. The van der Waals surface area contributed by atoms with Crippen molar-refractivity contribution in [2.45, 2.75) is 31.7 Å². The molecule has 1 saturated heterocycles. The van der Waals surface area contributed by atoms with Gasteiger partial charge in [-0.2, -0.15) is 5.26 Å². The Kier molecular flexibility index (Phi) is 3.50. The first kappa shape index (κ1) is 12.9. The fraction of sp³-hybridized carbons (Fsp3) is 0.571. The first-order chi connectivity index (χ1) is 9.76. The lowest BCUT2D eigenvalue weighted by Gasteiger charge is -2.32. The number of rotatable bonds is 3. The summed E-state index contributed by atoms with van der Waals surface area (Å²) in [5.74, 6) is 1.09. The number of nitrogens with one attached hydrogen (secondary N) is 1. The highest BCUT2D eigenvalue weighted by atomic mass is 16.2. The van der Waals surface area contributed by atoms with Crippen LogP contribution in [0.5, 0.6) is 0 Å². The van der Waals surface area contributed by atoms with Gasteiger partial charge in [0.25, 0.3) is 0 Å². The number of nitrogens with zero attached hydrogens (tertiary/aromatic N) is 4. The zero-order valence-corrected chi connectivity index (χ0v) is 11.2. The van der Waals surface area contributed by atoms with E-state index >= 15 is 0 Å². The Bertz CT molecular complexity index is 541. The minimum Gasteiger partial charge on any atom is -0.353 e. The van der Waals surface area contributed by atoms with Gasteiger partial charge in [-0.15, -0.1) is 0 Å². The van der Waals surface area contributed by atoms with Crippen molar-refractivity contribution in [2.24, 2.45) is 5.92 Å². The third-order valence-corrected chi connectivity index (χ3v) is 3.83. The van der Waals surface area contributed by atoms with Crippen LogP contribution in [0.2, 0.25) is 0 Å². The quantitative estimate of drug-likeness (QED) is 0.881. The van der Waals surface area contributed by atoms with Gasteiger partial charge in [-0.1, -0.05) is 0 Å². The molecule has 0 aromatic carbocycles. The number of anilines is 1. The summed E-state index contributed by atoms with van der Waals surface area (Å²) in [4.78, 5) is 22.2. The van der Waals surface area contributed by atoms with Crippen LogP contribution < -0.4 is 10.2 Å². The van der Waals surface area contributed by atoms with E-state index in [0.29, 0.717) is 11.6 Å². The number of nitriles is 1. The van der Waals surface area contributed by atoms with E-state index in [4.69, 9.17) is 5.26 Å². The van der Waals surface area contributed by atoms with Gasteiger partial charge in [-0.05, 0) is 31.7 Å². The Morgan fingerprint density at radius 2 is 2.10 bits per heavy atom. The molecule has 3 rings (SSSR count). The smallest absolute Gasteiger partial charge is 0.226 e. The van der Waals surface area contributed by atoms with Crippen molar-refractivity contribution in [3.8, 4) is 6.07 Å². The molecule has 1 N–H and O–H groups in total. The second-order valence-corrected chi connectivity index (χ2v) is 5.40. The van der Waals surface area contributed by atoms with E-state index in [1.54, 1.807) is 12.3 Å². The number of hydrogen-bond acceptors (Lipinski definition) is 5. The van der Waals surface area contributed by atoms with Crippen LogP contribution in [-0.4, -0.2) is 35.0 Å². The molecule has 1 amide bonds. The lowest BCUT2D eigenvalue weighted by Crippen LogP contribution is -2.45. The predicted octanol–water partition coefficient (Wildman–Crippen LogP) is 0.843. The zero-order valence-electron chi connectivity index (χ0n) is 11.2. The van der Waals surface area contributed by atoms with Crippen molar-refractivity contribution >= 4 is 11.9 Å². The molecule has 0 unspecified atom stereocenters. The molecule has 1 aromatic heterocycles. The first-order valence-electron chi connectivity index (χ1n) is 7.05. The van der Waals surface area contributed by atoms with Gasteiger partial charge in [-0.25, -0.2) is 9.97 Å². The van der Waals surface area contributed by atoms with Crippen LogP contribution in [-0.2, 0) is 4.79 Å². The SMILES string of the molecule is N#Cc1ccnc(N2CCC(NC(=O)C3CC3)CC2)n1. The molecule has 0 radical (unpaired) electrons. The van der Waals surface area contributed by atoms with Crippen molar-refractivity contribution < 1.29 is 4.79 Å². The number of carbonyl (C=O) groups excluding carboxylic acids is 1. The minimum absolute atomic E-state index is 0.214. The van der Waals surface area contributed by atoms with Crippen LogP contribution in [0, 0.1) is 17.2 Å². The fourth-order valence-corrected chi connectivity index (χ4v) is 2.45. The Morgan fingerprint density at radius 3 is 2.75 bits per heavy atom. The van der Waals surface area contributed by atoms with Crippen LogP contribution in [0.25, 0.3) is 0 Å². The van der Waals surface area contributed by atoms with E-state index in [2.05, 4.69) is 20.2 Å². The molecule has 1 aliphatic heterocycles. The Morgan fingerprint density at radius 1 is 1.35 bits per heavy atom. The van der Waals surface area contributed by atoms with E-state index in [-0.39, 0.29) is 17.9 Å². The van der Waals surface area contributed by atoms with E-state index in [0.717, 1.165) is 38.8 Å². The summed E-state index contributed by atoms with van der Waals surface area (Å²) in [5, 5.41) is 12.0. The molecule has 1 saturated carbocycles. The molecule has 2 fully saturated rings. The van der Waals surface area contributed by atoms with E-state index in [9.17, 15) is 4.79 Å². The molecule has 6 nitrogen and oxygen atoms in total. The lowest BCUT2D eigenvalue weighted by molar-refractivity contribution is -0.123. The Balaban J connectivity index is 1.55. The maximum atomic E-state index is 11.7. The molecule has 1 aliphatic carbocycles. The average Bonchev–Trinajstić information content (AvgIpc) is 3.33. The van der Waals surface area contributed by atoms with Crippen LogP contribution in [0.1, 0.15) is 31.4 Å². The predicted molar refractivity (Wildman–Crippen MR) is 72.8 cm³/mol. The monoisotopic (exact) mass is 271 g/mol. The van der Waals surface area contributed by atoms with Gasteiger partial charge in [0.1, 0.15) is 11.8 Å². The van der Waals surface area contributed by atoms with Crippen molar-refractivity contribution in [1.29, 1.82) is 5.26 Å². The summed E-state index contributed by atoms with van der Waals surface area (Å²) in [5.41, 5.74) is 0.388. The normalized spacial score (nSPS) is 19.4. The minimum atomic E-state index is 0.214. The third kappa shape index (κ3) is 2.87. The van der Waals surface area contributed by atoms with Crippen LogP contribution >= 0.6 is 0 Å². The van der Waals surface area contributed by atoms with Gasteiger partial charge in [0, 0.05) is 31.2 Å². The number of piperidine rings is 1. The van der Waals surface area contributed by atoms with E-state index < -0.39 is 0 Å². The molecular weight excluding hydrogens is 254 g/mol. The fourth-order valence-electron chi connectivity index (χ4n) is 2.45. The van der Waals surface area contributed by atoms with Crippen LogP contribution in [0.3, 0.4) is 0 Å². The van der Waals surface area contributed by atoms with Crippen molar-refractivity contribution in [3.63, 3.8) is 0 Å². The molecule has 2 heterocycles. The molecule has 2 aliphatic rings. The highest BCUT2D eigenvalue weighted by molar-refractivity contribution is 5.81. The molecule has 0 atom stereocenters. The van der Waals surface area contributed by atoms with Gasteiger partial charge < -0.3 is 10.2 Å². The number of aromatic nitrogens is 2. The summed E-state index contributed by atoms with van der Waals surface area (Å²) in [6, 6.07) is 3.89. The second-order valence-electron chi connectivity index (χ2n) is 5.40. The summed E-state index contributed by atoms with van der Waals surface area (Å²) in [6.45, 7) is 1.62. The van der Waals surface area contributed by atoms with Gasteiger partial charge >= 0.3 is 0 Å². The number of hydrogen-bond donors (Lipinski definition) is 1. The molecule has 0 spiro atoms. The van der Waals surface area contributed by atoms with E-state index in [1.165, 1.54) is 0 Å². The molecule has 20 heavy (non-hydrogen) atoms. The summed E-state index contributed by atoms with van der Waals surface area (Å²) in [6.07, 6.45) is 5.50. The summed E-state index contributed by atoms with van der Waals surface area (Å²) < 4.78 is 0. The molecule has 6 heteroatoms. The van der Waals surface area contributed by atoms with Crippen molar-refractivity contribution in [2.75, 3.05) is 18.0 Å². The summed E-state index contributed by atoms with van der Waals surface area (Å²) in [7, 11) is 0. The van der Waals surface area contributed by atoms with Crippen molar-refractivity contribution in [1.82, 2.24) is 15.3 Å². The van der Waals surface area contributed by atoms with Crippen molar-refractivity contribution in [3.05, 3.63) is 18.0 Å². The standard InChI is InChI=1S/C14H17N5O/c15-9-12-3-6-16-14(18-12)19-7-4-11(5-8-19)17-13(20)10-1-2-10/h3,6,10-11H,1-2,4-5,7-8H2,(H,17,20). The topological polar surface area (TPSA) is 81.9 Å². The van der Waals surface area contributed by atoms with Gasteiger partial charge in [0.15, 0.2) is 0 Å². The average molecular weight is 271 g/mol. The Hall–Kier alpha value is -2.16. The molecule has 1 aromatic rings. The van der Waals surface area contributed by atoms with Gasteiger partial charge in [-0.3, -0.25) is 4.79 Å². The second kappa shape index (κ2) is 5.45. The molecule has 0 bridgehead atoms. The van der Waals surface area contributed by atoms with Crippen LogP contribution in [0.15, 0.2) is 12.3 Å². The molecular formula is C14H17N5O. The van der Waals surface area contributed by atoms with Crippen LogP contribution in [0.4, 0.5) is 5.95 Å². The number of amides is 1. The highest BCUT2D eigenvalue weighted by Crippen LogP contribution is 2.29. The summed E-state index contributed by atoms with van der Waals surface area (Å²) >= 11 is 0.